The van der Waals surface area contributed by atoms with E-state index in [1.54, 1.807) is 0 Å². The van der Waals surface area contributed by atoms with E-state index >= 15 is 0 Å². The number of aryl methyl sites for hydroxylation is 1. The number of nitriles is 1. The third-order valence-corrected chi connectivity index (χ3v) is 4.22. The molecule has 0 bridgehead atoms. The molecule has 0 amide bonds. The summed E-state index contributed by atoms with van der Waals surface area (Å²) in [7, 11) is 0. The molecule has 4 aromatic rings. The minimum atomic E-state index is 0.586. The summed E-state index contributed by atoms with van der Waals surface area (Å²) in [6.07, 6.45) is 0. The van der Waals surface area contributed by atoms with Crippen LogP contribution in [0.5, 0.6) is 0 Å². The van der Waals surface area contributed by atoms with Crippen molar-refractivity contribution in [3.8, 4) is 6.07 Å². The standard InChI is InChI=1S/C19H13ClN4/c1-12-9-18(22-14-6-4-5-13(20)10-14)24-17-8-3-2-7-16(17)23-19(24)15(12)11-21/h2-10,22H,1H3. The van der Waals surface area contributed by atoms with Gasteiger partial charge < -0.3 is 5.32 Å². The second-order valence-electron chi connectivity index (χ2n) is 5.59. The Morgan fingerprint density at radius 2 is 1.96 bits per heavy atom. The van der Waals surface area contributed by atoms with E-state index in [4.69, 9.17) is 11.6 Å². The highest BCUT2D eigenvalue weighted by Crippen LogP contribution is 2.29. The summed E-state index contributed by atoms with van der Waals surface area (Å²) in [5.41, 5.74) is 4.81. The van der Waals surface area contributed by atoms with Crippen molar-refractivity contribution in [1.82, 2.24) is 9.38 Å². The first-order valence-electron chi connectivity index (χ1n) is 7.51. The van der Waals surface area contributed by atoms with Gasteiger partial charge >= 0.3 is 0 Å². The minimum absolute atomic E-state index is 0.586. The van der Waals surface area contributed by atoms with Gasteiger partial charge in [0.25, 0.3) is 0 Å². The van der Waals surface area contributed by atoms with E-state index < -0.39 is 0 Å². The molecule has 4 nitrogen and oxygen atoms in total. The van der Waals surface area contributed by atoms with Crippen molar-refractivity contribution >= 4 is 39.8 Å². The summed E-state index contributed by atoms with van der Waals surface area (Å²) < 4.78 is 1.97. The number of pyridine rings is 1. The molecule has 2 heterocycles. The predicted octanol–water partition coefficient (Wildman–Crippen LogP) is 5.06. The monoisotopic (exact) mass is 332 g/mol. The Morgan fingerprint density at radius 3 is 2.75 bits per heavy atom. The number of nitrogens with zero attached hydrogens (tertiary/aromatic N) is 3. The van der Waals surface area contributed by atoms with Gasteiger partial charge in [0.2, 0.25) is 0 Å². The Hall–Kier alpha value is -3.03. The normalized spacial score (nSPS) is 10.9. The number of para-hydroxylation sites is 2. The number of fused-ring (bicyclic) bond motifs is 3. The molecule has 1 N–H and O–H groups in total. The Morgan fingerprint density at radius 1 is 1.12 bits per heavy atom. The molecule has 24 heavy (non-hydrogen) atoms. The second kappa shape index (κ2) is 5.55. The first-order valence-corrected chi connectivity index (χ1v) is 7.88. The molecular weight excluding hydrogens is 320 g/mol. The number of nitrogens with one attached hydrogen (secondary N) is 1. The summed E-state index contributed by atoms with van der Waals surface area (Å²) in [5.74, 6) is 0.845. The molecule has 0 radical (unpaired) electrons. The van der Waals surface area contributed by atoms with E-state index in [1.807, 2.05) is 65.9 Å². The van der Waals surface area contributed by atoms with Crippen LogP contribution in [0.15, 0.2) is 54.6 Å². The lowest BCUT2D eigenvalue weighted by Crippen LogP contribution is -2.01. The van der Waals surface area contributed by atoms with Crippen molar-refractivity contribution in [2.75, 3.05) is 5.32 Å². The van der Waals surface area contributed by atoms with Crippen molar-refractivity contribution in [3.05, 3.63) is 70.7 Å². The van der Waals surface area contributed by atoms with Crippen LogP contribution in [0.25, 0.3) is 16.7 Å². The zero-order valence-electron chi connectivity index (χ0n) is 12.9. The molecule has 116 valence electrons. The molecule has 5 heteroatoms. The number of hydrogen-bond donors (Lipinski definition) is 1. The Balaban J connectivity index is 2.03. The van der Waals surface area contributed by atoms with E-state index in [0.29, 0.717) is 16.2 Å². The number of aromatic nitrogens is 2. The maximum atomic E-state index is 9.52. The lowest BCUT2D eigenvalue weighted by atomic mass is 10.1. The summed E-state index contributed by atoms with van der Waals surface area (Å²) in [6, 6.07) is 19.6. The number of imidazole rings is 1. The van der Waals surface area contributed by atoms with Crippen molar-refractivity contribution in [2.45, 2.75) is 6.92 Å². The number of rotatable bonds is 2. The molecule has 0 spiro atoms. The van der Waals surface area contributed by atoms with Gasteiger partial charge in [-0.05, 0) is 48.9 Å². The van der Waals surface area contributed by atoms with Crippen LogP contribution in [0.2, 0.25) is 5.02 Å². The fourth-order valence-corrected chi connectivity index (χ4v) is 3.09. The van der Waals surface area contributed by atoms with Gasteiger partial charge in [-0.15, -0.1) is 0 Å². The smallest absolute Gasteiger partial charge is 0.157 e. The van der Waals surface area contributed by atoms with Gasteiger partial charge in [0.1, 0.15) is 11.9 Å². The average Bonchev–Trinajstić information content (AvgIpc) is 2.94. The Bertz CT molecular complexity index is 1120. The van der Waals surface area contributed by atoms with Gasteiger partial charge in [-0.1, -0.05) is 29.8 Å². The molecule has 0 fully saturated rings. The minimum Gasteiger partial charge on any atom is -0.341 e. The van der Waals surface area contributed by atoms with E-state index in [0.717, 1.165) is 28.1 Å². The van der Waals surface area contributed by atoms with Gasteiger partial charge in [0.05, 0.1) is 16.6 Å². The lowest BCUT2D eigenvalue weighted by Gasteiger charge is -2.12. The van der Waals surface area contributed by atoms with Crippen molar-refractivity contribution in [3.63, 3.8) is 0 Å². The maximum Gasteiger partial charge on any atom is 0.157 e. The number of benzene rings is 2. The van der Waals surface area contributed by atoms with Crippen LogP contribution in [0.1, 0.15) is 11.1 Å². The molecule has 0 aliphatic carbocycles. The van der Waals surface area contributed by atoms with Gasteiger partial charge in [0, 0.05) is 10.7 Å². The molecule has 0 atom stereocenters. The van der Waals surface area contributed by atoms with Crippen LogP contribution < -0.4 is 5.32 Å². The summed E-state index contributed by atoms with van der Waals surface area (Å²) in [5, 5.41) is 13.6. The predicted molar refractivity (Wildman–Crippen MR) is 96.9 cm³/mol. The van der Waals surface area contributed by atoms with Crippen molar-refractivity contribution in [2.24, 2.45) is 0 Å². The molecule has 2 aromatic carbocycles. The fourth-order valence-electron chi connectivity index (χ4n) is 2.90. The third-order valence-electron chi connectivity index (χ3n) is 3.98. The van der Waals surface area contributed by atoms with Crippen LogP contribution in [-0.2, 0) is 0 Å². The fraction of sp³-hybridized carbons (Fsp3) is 0.0526. The average molecular weight is 333 g/mol. The molecule has 0 aliphatic heterocycles. The van der Waals surface area contributed by atoms with Gasteiger partial charge in [-0.3, -0.25) is 4.40 Å². The van der Waals surface area contributed by atoms with E-state index in [1.165, 1.54) is 0 Å². The summed E-state index contributed by atoms with van der Waals surface area (Å²) in [4.78, 5) is 4.64. The van der Waals surface area contributed by atoms with Gasteiger partial charge in [-0.2, -0.15) is 5.26 Å². The first-order chi connectivity index (χ1) is 11.7. The molecular formula is C19H13ClN4. The summed E-state index contributed by atoms with van der Waals surface area (Å²) >= 11 is 6.08. The molecule has 0 saturated carbocycles. The highest BCUT2D eigenvalue weighted by Gasteiger charge is 2.15. The molecule has 0 unspecified atom stereocenters. The Labute approximate surface area is 143 Å². The Kier molecular flexibility index (Phi) is 3.37. The zero-order chi connectivity index (χ0) is 16.7. The van der Waals surface area contributed by atoms with Gasteiger partial charge in [-0.25, -0.2) is 4.98 Å². The molecule has 0 saturated heterocycles. The second-order valence-corrected chi connectivity index (χ2v) is 6.03. The zero-order valence-corrected chi connectivity index (χ0v) is 13.7. The van der Waals surface area contributed by atoms with E-state index in [-0.39, 0.29) is 0 Å². The highest BCUT2D eigenvalue weighted by molar-refractivity contribution is 6.30. The summed E-state index contributed by atoms with van der Waals surface area (Å²) in [6.45, 7) is 1.92. The highest BCUT2D eigenvalue weighted by atomic mass is 35.5. The van der Waals surface area contributed by atoms with E-state index in [2.05, 4.69) is 16.4 Å². The topological polar surface area (TPSA) is 53.1 Å². The number of hydrogen-bond acceptors (Lipinski definition) is 3. The van der Waals surface area contributed by atoms with Crippen LogP contribution in [0.4, 0.5) is 11.5 Å². The maximum absolute atomic E-state index is 9.52. The van der Waals surface area contributed by atoms with Crippen LogP contribution in [0, 0.1) is 18.3 Å². The van der Waals surface area contributed by atoms with Crippen LogP contribution >= 0.6 is 11.6 Å². The first kappa shape index (κ1) is 14.6. The quantitative estimate of drug-likeness (QED) is 0.558. The van der Waals surface area contributed by atoms with Crippen LogP contribution in [0.3, 0.4) is 0 Å². The van der Waals surface area contributed by atoms with E-state index in [9.17, 15) is 5.26 Å². The molecule has 0 aliphatic rings. The SMILES string of the molecule is Cc1cc(Nc2cccc(Cl)c2)n2c(nc3ccccc32)c1C#N. The lowest BCUT2D eigenvalue weighted by molar-refractivity contribution is 1.19. The molecule has 2 aromatic heterocycles. The van der Waals surface area contributed by atoms with Crippen LogP contribution in [-0.4, -0.2) is 9.38 Å². The molecule has 4 rings (SSSR count). The van der Waals surface area contributed by atoms with Gasteiger partial charge in [0.15, 0.2) is 5.65 Å². The van der Waals surface area contributed by atoms with Crippen molar-refractivity contribution < 1.29 is 0 Å². The number of halogens is 1. The number of anilines is 2. The van der Waals surface area contributed by atoms with Crippen molar-refractivity contribution in [1.29, 1.82) is 5.26 Å². The largest absolute Gasteiger partial charge is 0.341 e. The third kappa shape index (κ3) is 2.27.